The molecule has 29 heavy (non-hydrogen) atoms. The highest BCUT2D eigenvalue weighted by atomic mass is 16.2. The van der Waals surface area contributed by atoms with Gasteiger partial charge >= 0.3 is 0 Å². The highest BCUT2D eigenvalue weighted by Crippen LogP contribution is 2.57. The van der Waals surface area contributed by atoms with Gasteiger partial charge in [0.25, 0.3) is 0 Å². The van der Waals surface area contributed by atoms with Gasteiger partial charge in [-0.1, -0.05) is 38.1 Å². The molecule has 0 radical (unpaired) electrons. The lowest BCUT2D eigenvalue weighted by atomic mass is 9.56. The van der Waals surface area contributed by atoms with Gasteiger partial charge in [-0.2, -0.15) is 0 Å². The maximum absolute atomic E-state index is 12.9. The van der Waals surface area contributed by atoms with Gasteiger partial charge in [-0.05, 0) is 73.3 Å². The first-order valence-electron chi connectivity index (χ1n) is 11.6. The molecule has 0 bridgehead atoms. The Balaban J connectivity index is 1.12. The Morgan fingerprint density at radius 1 is 1.10 bits per heavy atom. The van der Waals surface area contributed by atoms with Crippen molar-refractivity contribution in [1.82, 2.24) is 10.2 Å². The fourth-order valence-electron chi connectivity index (χ4n) is 6.40. The van der Waals surface area contributed by atoms with Crippen LogP contribution in [0.25, 0.3) is 0 Å². The molecule has 2 saturated carbocycles. The Kier molecular flexibility index (Phi) is 4.52. The van der Waals surface area contributed by atoms with E-state index < -0.39 is 0 Å². The molecule has 1 aromatic carbocycles. The summed E-state index contributed by atoms with van der Waals surface area (Å²) in [5.41, 5.74) is 3.38. The van der Waals surface area contributed by atoms with E-state index in [1.165, 1.54) is 24.0 Å². The van der Waals surface area contributed by atoms with Crippen molar-refractivity contribution in [3.05, 3.63) is 35.4 Å². The SMILES string of the molecule is CC(C)c1cccc(C2CC3(CCN(C(=O)C4CC5(CCC(=O)N5)C4)CC3)C2)c1. The van der Waals surface area contributed by atoms with Crippen LogP contribution in [0.2, 0.25) is 0 Å². The van der Waals surface area contributed by atoms with Crippen LogP contribution in [0.5, 0.6) is 0 Å². The molecule has 4 aliphatic rings. The predicted octanol–water partition coefficient (Wildman–Crippen LogP) is 4.36. The van der Waals surface area contributed by atoms with Gasteiger partial charge in [-0.15, -0.1) is 0 Å². The first kappa shape index (κ1) is 19.1. The van der Waals surface area contributed by atoms with Crippen LogP contribution in [0.15, 0.2) is 24.3 Å². The van der Waals surface area contributed by atoms with E-state index in [2.05, 4.69) is 48.3 Å². The fourth-order valence-corrected chi connectivity index (χ4v) is 6.40. The summed E-state index contributed by atoms with van der Waals surface area (Å²) in [7, 11) is 0. The van der Waals surface area contributed by atoms with Crippen molar-refractivity contribution in [3.8, 4) is 0 Å². The van der Waals surface area contributed by atoms with Crippen molar-refractivity contribution in [2.45, 2.75) is 82.6 Å². The van der Waals surface area contributed by atoms with Crippen LogP contribution in [-0.4, -0.2) is 35.3 Å². The standard InChI is InChI=1S/C25H34N2O2/c1-17(2)18-4-3-5-19(12-18)20-13-24(14-20)8-10-27(11-9-24)23(29)21-15-25(16-21)7-6-22(28)26-25/h3-5,12,17,20-21H,6-11,13-16H2,1-2H3,(H,26,28). The summed E-state index contributed by atoms with van der Waals surface area (Å²) in [6.07, 6.45) is 8.15. The maximum atomic E-state index is 12.9. The van der Waals surface area contributed by atoms with Crippen LogP contribution >= 0.6 is 0 Å². The minimum atomic E-state index is -0.0415. The summed E-state index contributed by atoms with van der Waals surface area (Å²) < 4.78 is 0. The molecule has 4 nitrogen and oxygen atoms in total. The number of carbonyl (C=O) groups is 2. The van der Waals surface area contributed by atoms with Gasteiger partial charge in [0.15, 0.2) is 0 Å². The van der Waals surface area contributed by atoms with Crippen LogP contribution in [0, 0.1) is 11.3 Å². The van der Waals surface area contributed by atoms with Crippen LogP contribution in [0.3, 0.4) is 0 Å². The molecule has 0 unspecified atom stereocenters. The topological polar surface area (TPSA) is 49.4 Å². The molecule has 2 aliphatic heterocycles. The largest absolute Gasteiger partial charge is 0.351 e. The zero-order chi connectivity index (χ0) is 20.2. The monoisotopic (exact) mass is 394 g/mol. The molecule has 156 valence electrons. The first-order valence-corrected chi connectivity index (χ1v) is 11.6. The molecule has 1 aromatic rings. The second kappa shape index (κ2) is 6.85. The average Bonchev–Trinajstić information content (AvgIpc) is 3.07. The van der Waals surface area contributed by atoms with E-state index in [-0.39, 0.29) is 17.4 Å². The molecule has 1 N–H and O–H groups in total. The minimum absolute atomic E-state index is 0.0415. The molecular formula is C25H34N2O2. The summed E-state index contributed by atoms with van der Waals surface area (Å²) in [4.78, 5) is 26.6. The second-order valence-corrected chi connectivity index (χ2v) is 10.7. The Bertz CT molecular complexity index is 808. The Morgan fingerprint density at radius 3 is 2.45 bits per heavy atom. The summed E-state index contributed by atoms with van der Waals surface area (Å²) in [5.74, 6) is 1.92. The van der Waals surface area contributed by atoms with E-state index in [1.54, 1.807) is 0 Å². The van der Waals surface area contributed by atoms with Crippen LogP contribution in [-0.2, 0) is 9.59 Å². The fraction of sp³-hybridized carbons (Fsp3) is 0.680. The Morgan fingerprint density at radius 2 is 1.83 bits per heavy atom. The van der Waals surface area contributed by atoms with E-state index in [0.717, 1.165) is 45.2 Å². The van der Waals surface area contributed by atoms with Crippen LogP contribution in [0.1, 0.15) is 88.2 Å². The van der Waals surface area contributed by atoms with Gasteiger partial charge in [0.2, 0.25) is 11.8 Å². The van der Waals surface area contributed by atoms with Crippen LogP contribution in [0.4, 0.5) is 0 Å². The highest BCUT2D eigenvalue weighted by Gasteiger charge is 2.53. The number of nitrogens with zero attached hydrogens (tertiary/aromatic N) is 1. The molecule has 2 aliphatic carbocycles. The number of rotatable bonds is 3. The molecule has 5 rings (SSSR count). The quantitative estimate of drug-likeness (QED) is 0.828. The molecule has 2 amide bonds. The molecule has 4 heteroatoms. The van der Waals surface area contributed by atoms with Crippen molar-refractivity contribution < 1.29 is 9.59 Å². The van der Waals surface area contributed by atoms with E-state index in [1.807, 2.05) is 0 Å². The third-order valence-corrected chi connectivity index (χ3v) is 8.40. The minimum Gasteiger partial charge on any atom is -0.351 e. The van der Waals surface area contributed by atoms with Crippen molar-refractivity contribution >= 4 is 11.8 Å². The molecule has 2 spiro atoms. The number of likely N-dealkylation sites (tertiary alicyclic amines) is 1. The number of hydrogen-bond acceptors (Lipinski definition) is 2. The number of benzene rings is 1. The molecule has 0 atom stereocenters. The molecular weight excluding hydrogens is 360 g/mol. The lowest BCUT2D eigenvalue weighted by Crippen LogP contribution is -2.58. The highest BCUT2D eigenvalue weighted by molar-refractivity contribution is 5.83. The Labute approximate surface area is 174 Å². The van der Waals surface area contributed by atoms with E-state index in [0.29, 0.717) is 29.6 Å². The summed E-state index contributed by atoms with van der Waals surface area (Å²) in [5, 5.41) is 3.11. The predicted molar refractivity (Wildman–Crippen MR) is 114 cm³/mol. The number of amides is 2. The number of nitrogens with one attached hydrogen (secondary N) is 1. The van der Waals surface area contributed by atoms with Gasteiger partial charge in [-0.25, -0.2) is 0 Å². The lowest BCUT2D eigenvalue weighted by Gasteiger charge is -2.53. The third kappa shape index (κ3) is 3.39. The van der Waals surface area contributed by atoms with Crippen molar-refractivity contribution in [3.63, 3.8) is 0 Å². The maximum Gasteiger partial charge on any atom is 0.225 e. The summed E-state index contributed by atoms with van der Waals surface area (Å²) >= 11 is 0. The second-order valence-electron chi connectivity index (χ2n) is 10.7. The molecule has 2 saturated heterocycles. The van der Waals surface area contributed by atoms with Gasteiger partial charge in [0.1, 0.15) is 0 Å². The van der Waals surface area contributed by atoms with E-state index in [4.69, 9.17) is 0 Å². The van der Waals surface area contributed by atoms with Gasteiger partial charge in [-0.3, -0.25) is 9.59 Å². The summed E-state index contributed by atoms with van der Waals surface area (Å²) in [6.45, 7) is 6.37. The number of hydrogen-bond donors (Lipinski definition) is 1. The lowest BCUT2D eigenvalue weighted by molar-refractivity contribution is -0.145. The molecule has 4 fully saturated rings. The van der Waals surface area contributed by atoms with Gasteiger partial charge in [0, 0.05) is 31.0 Å². The van der Waals surface area contributed by atoms with E-state index >= 15 is 0 Å². The third-order valence-electron chi connectivity index (χ3n) is 8.40. The van der Waals surface area contributed by atoms with Gasteiger partial charge in [0.05, 0.1) is 0 Å². The van der Waals surface area contributed by atoms with Gasteiger partial charge < -0.3 is 10.2 Å². The first-order chi connectivity index (χ1) is 13.9. The summed E-state index contributed by atoms with van der Waals surface area (Å²) in [6, 6.07) is 9.18. The number of piperidine rings is 1. The van der Waals surface area contributed by atoms with Crippen molar-refractivity contribution in [1.29, 1.82) is 0 Å². The smallest absolute Gasteiger partial charge is 0.225 e. The zero-order valence-electron chi connectivity index (χ0n) is 17.9. The Hall–Kier alpha value is -1.84. The molecule has 2 heterocycles. The molecule has 0 aromatic heterocycles. The van der Waals surface area contributed by atoms with E-state index in [9.17, 15) is 9.59 Å². The number of carbonyl (C=O) groups excluding carboxylic acids is 2. The normalized spacial score (nSPS) is 27.8. The van der Waals surface area contributed by atoms with Crippen LogP contribution < -0.4 is 5.32 Å². The van der Waals surface area contributed by atoms with Crippen molar-refractivity contribution in [2.24, 2.45) is 11.3 Å². The van der Waals surface area contributed by atoms with Crippen molar-refractivity contribution in [2.75, 3.05) is 13.1 Å². The zero-order valence-corrected chi connectivity index (χ0v) is 17.9. The average molecular weight is 395 g/mol.